The second kappa shape index (κ2) is 6.69. The van der Waals surface area contributed by atoms with Crippen molar-refractivity contribution in [2.45, 2.75) is 37.1 Å². The molecule has 0 aliphatic heterocycles. The van der Waals surface area contributed by atoms with Crippen LogP contribution in [0.15, 0.2) is 29.2 Å². The Hall–Kier alpha value is -1.56. The maximum Gasteiger partial charge on any atom is 0.317 e. The molecule has 0 heterocycles. The number of hydrogen-bond donors (Lipinski definition) is 1. The summed E-state index contributed by atoms with van der Waals surface area (Å²) in [5.74, 6) is 0.652. The van der Waals surface area contributed by atoms with Crippen LogP contribution < -0.4 is 5.32 Å². The Labute approximate surface area is 132 Å². The number of amides is 2. The highest BCUT2D eigenvalue weighted by Gasteiger charge is 2.32. The molecule has 0 spiro atoms. The fourth-order valence-electron chi connectivity index (χ4n) is 2.42. The third kappa shape index (κ3) is 4.47. The Morgan fingerprint density at radius 1 is 1.32 bits per heavy atom. The van der Waals surface area contributed by atoms with Crippen LogP contribution in [-0.4, -0.2) is 45.2 Å². The summed E-state index contributed by atoms with van der Waals surface area (Å²) in [6.07, 6.45) is 4.30. The standard InChI is InChI=1S/C16H24N2O3S/c1-12(14-6-7-14)18(2)16(19)17-11-10-13-4-8-15(9-5-13)22(3,20)21/h4-5,8-9,12,14H,6-7,10-11H2,1-3H3,(H,17,19)/t12-/m0/s1. The van der Waals surface area contributed by atoms with Gasteiger partial charge < -0.3 is 10.2 Å². The van der Waals surface area contributed by atoms with Gasteiger partial charge in [0, 0.05) is 25.9 Å². The Balaban J connectivity index is 1.79. The molecular weight excluding hydrogens is 300 g/mol. The van der Waals surface area contributed by atoms with Crippen molar-refractivity contribution < 1.29 is 13.2 Å². The Kier molecular flexibility index (Phi) is 5.11. The second-order valence-corrected chi connectivity index (χ2v) is 8.10. The molecule has 0 radical (unpaired) electrons. The maximum absolute atomic E-state index is 12.0. The minimum absolute atomic E-state index is 0.0489. The van der Waals surface area contributed by atoms with Crippen LogP contribution in [0.5, 0.6) is 0 Å². The van der Waals surface area contributed by atoms with Crippen LogP contribution in [0.4, 0.5) is 4.79 Å². The number of carbonyl (C=O) groups is 1. The molecule has 0 aromatic heterocycles. The van der Waals surface area contributed by atoms with Crippen LogP contribution in [-0.2, 0) is 16.3 Å². The molecule has 122 valence electrons. The smallest absolute Gasteiger partial charge is 0.317 e. The topological polar surface area (TPSA) is 66.5 Å². The Morgan fingerprint density at radius 3 is 2.41 bits per heavy atom. The number of nitrogens with zero attached hydrogens (tertiary/aromatic N) is 1. The van der Waals surface area contributed by atoms with Gasteiger partial charge >= 0.3 is 6.03 Å². The minimum Gasteiger partial charge on any atom is -0.338 e. The van der Waals surface area contributed by atoms with Crippen molar-refractivity contribution >= 4 is 15.9 Å². The molecule has 0 bridgehead atoms. The first kappa shape index (κ1) is 16.8. The van der Waals surface area contributed by atoms with Gasteiger partial charge in [-0.05, 0) is 49.8 Å². The average Bonchev–Trinajstić information content (AvgIpc) is 3.29. The fourth-order valence-corrected chi connectivity index (χ4v) is 3.05. The van der Waals surface area contributed by atoms with Gasteiger partial charge in [-0.15, -0.1) is 0 Å². The molecule has 1 aliphatic rings. The van der Waals surface area contributed by atoms with Crippen molar-refractivity contribution in [3.63, 3.8) is 0 Å². The van der Waals surface area contributed by atoms with Crippen LogP contribution >= 0.6 is 0 Å². The Morgan fingerprint density at radius 2 is 1.91 bits per heavy atom. The van der Waals surface area contributed by atoms with Gasteiger partial charge in [-0.1, -0.05) is 12.1 Å². The number of benzene rings is 1. The first-order valence-electron chi connectivity index (χ1n) is 7.58. The van der Waals surface area contributed by atoms with E-state index in [1.54, 1.807) is 29.2 Å². The van der Waals surface area contributed by atoms with E-state index in [4.69, 9.17) is 0 Å². The van der Waals surface area contributed by atoms with Crippen LogP contribution in [0, 0.1) is 5.92 Å². The van der Waals surface area contributed by atoms with E-state index in [0.29, 0.717) is 23.8 Å². The van der Waals surface area contributed by atoms with Gasteiger partial charge in [0.1, 0.15) is 0 Å². The summed E-state index contributed by atoms with van der Waals surface area (Å²) in [6, 6.07) is 7.03. The van der Waals surface area contributed by atoms with E-state index in [0.717, 1.165) is 5.56 Å². The van der Waals surface area contributed by atoms with E-state index in [1.807, 2.05) is 7.05 Å². The number of urea groups is 1. The quantitative estimate of drug-likeness (QED) is 0.871. The van der Waals surface area contributed by atoms with E-state index in [-0.39, 0.29) is 12.1 Å². The summed E-state index contributed by atoms with van der Waals surface area (Å²) in [5, 5.41) is 2.91. The lowest BCUT2D eigenvalue weighted by atomic mass is 10.1. The summed E-state index contributed by atoms with van der Waals surface area (Å²) in [6.45, 7) is 2.62. The largest absolute Gasteiger partial charge is 0.338 e. The lowest BCUT2D eigenvalue weighted by Crippen LogP contribution is -2.43. The van der Waals surface area contributed by atoms with Crippen molar-refractivity contribution in [3.05, 3.63) is 29.8 Å². The molecule has 2 rings (SSSR count). The van der Waals surface area contributed by atoms with Gasteiger partial charge in [-0.2, -0.15) is 0 Å². The number of nitrogens with one attached hydrogen (secondary N) is 1. The fraction of sp³-hybridized carbons (Fsp3) is 0.562. The van der Waals surface area contributed by atoms with Crippen molar-refractivity contribution in [1.29, 1.82) is 0 Å². The lowest BCUT2D eigenvalue weighted by molar-refractivity contribution is 0.188. The molecule has 1 saturated carbocycles. The predicted octanol–water partition coefficient (Wildman–Crippen LogP) is 2.07. The highest BCUT2D eigenvalue weighted by molar-refractivity contribution is 7.90. The van der Waals surface area contributed by atoms with E-state index >= 15 is 0 Å². The van der Waals surface area contributed by atoms with Crippen molar-refractivity contribution in [2.75, 3.05) is 19.8 Å². The molecule has 1 fully saturated rings. The van der Waals surface area contributed by atoms with Crippen LogP contribution in [0.25, 0.3) is 0 Å². The van der Waals surface area contributed by atoms with Gasteiger partial charge in [0.25, 0.3) is 0 Å². The zero-order valence-electron chi connectivity index (χ0n) is 13.4. The molecule has 1 aliphatic carbocycles. The van der Waals surface area contributed by atoms with E-state index < -0.39 is 9.84 Å². The molecule has 5 nitrogen and oxygen atoms in total. The van der Waals surface area contributed by atoms with E-state index in [2.05, 4.69) is 12.2 Å². The van der Waals surface area contributed by atoms with E-state index in [9.17, 15) is 13.2 Å². The first-order chi connectivity index (χ1) is 10.3. The minimum atomic E-state index is -3.15. The number of hydrogen-bond acceptors (Lipinski definition) is 3. The normalized spacial score (nSPS) is 16.1. The van der Waals surface area contributed by atoms with Crippen molar-refractivity contribution in [2.24, 2.45) is 5.92 Å². The molecule has 6 heteroatoms. The number of sulfone groups is 1. The van der Waals surface area contributed by atoms with Gasteiger partial charge in [0.05, 0.1) is 4.90 Å². The molecule has 1 aromatic carbocycles. The lowest BCUT2D eigenvalue weighted by Gasteiger charge is -2.25. The highest BCUT2D eigenvalue weighted by Crippen LogP contribution is 2.34. The molecule has 22 heavy (non-hydrogen) atoms. The summed E-state index contributed by atoms with van der Waals surface area (Å²) in [5.41, 5.74) is 1.01. The van der Waals surface area contributed by atoms with Crippen LogP contribution in [0.1, 0.15) is 25.3 Å². The van der Waals surface area contributed by atoms with Gasteiger partial charge in [0.2, 0.25) is 0 Å². The van der Waals surface area contributed by atoms with Crippen molar-refractivity contribution in [3.8, 4) is 0 Å². The second-order valence-electron chi connectivity index (χ2n) is 6.09. The van der Waals surface area contributed by atoms with Gasteiger partial charge in [-0.25, -0.2) is 13.2 Å². The third-order valence-electron chi connectivity index (χ3n) is 4.28. The first-order valence-corrected chi connectivity index (χ1v) is 9.48. The number of rotatable bonds is 6. The zero-order chi connectivity index (χ0) is 16.3. The maximum atomic E-state index is 12.0. The zero-order valence-corrected chi connectivity index (χ0v) is 14.2. The molecule has 0 saturated heterocycles. The third-order valence-corrected chi connectivity index (χ3v) is 5.41. The highest BCUT2D eigenvalue weighted by atomic mass is 32.2. The summed E-state index contributed by atoms with van der Waals surface area (Å²) in [4.78, 5) is 14.1. The van der Waals surface area contributed by atoms with E-state index in [1.165, 1.54) is 19.1 Å². The van der Waals surface area contributed by atoms with Crippen LogP contribution in [0.3, 0.4) is 0 Å². The molecule has 2 amide bonds. The molecular formula is C16H24N2O3S. The monoisotopic (exact) mass is 324 g/mol. The summed E-state index contributed by atoms with van der Waals surface area (Å²) in [7, 11) is -1.32. The molecule has 1 aromatic rings. The van der Waals surface area contributed by atoms with Gasteiger partial charge in [-0.3, -0.25) is 0 Å². The van der Waals surface area contributed by atoms with Crippen molar-refractivity contribution in [1.82, 2.24) is 10.2 Å². The Bertz CT molecular complexity index is 621. The summed E-state index contributed by atoms with van der Waals surface area (Å²) >= 11 is 0. The van der Waals surface area contributed by atoms with Gasteiger partial charge in [0.15, 0.2) is 9.84 Å². The molecule has 1 atom stereocenters. The predicted molar refractivity (Wildman–Crippen MR) is 86.6 cm³/mol. The molecule has 1 N–H and O–H groups in total. The average molecular weight is 324 g/mol. The van der Waals surface area contributed by atoms with Crippen LogP contribution in [0.2, 0.25) is 0 Å². The number of carbonyl (C=O) groups excluding carboxylic acids is 1. The SMILES string of the molecule is C[C@@H](C1CC1)N(C)C(=O)NCCc1ccc(S(C)(=O)=O)cc1. The summed E-state index contributed by atoms with van der Waals surface area (Å²) < 4.78 is 22.8. The molecule has 0 unspecified atom stereocenters.